The molecule has 1 atom stereocenters. The topological polar surface area (TPSA) is 34.1 Å². The number of hydrogen-bond donors (Lipinski definition) is 1. The number of aromatic nitrogens is 1. The minimum Gasteiger partial charge on any atom is -0.470 e. The first-order chi connectivity index (χ1) is 5.95. The fourth-order valence-electron chi connectivity index (χ4n) is 1.33. The van der Waals surface area contributed by atoms with Crippen LogP contribution in [0.15, 0.2) is 11.6 Å². The van der Waals surface area contributed by atoms with Gasteiger partial charge in [0.15, 0.2) is 0 Å². The van der Waals surface area contributed by atoms with E-state index >= 15 is 0 Å². The van der Waals surface area contributed by atoms with Crippen LogP contribution in [0.25, 0.3) is 0 Å². The summed E-state index contributed by atoms with van der Waals surface area (Å²) in [5.41, 5.74) is 0. The third-order valence-electron chi connectivity index (χ3n) is 2.01. The molecule has 1 fully saturated rings. The van der Waals surface area contributed by atoms with Crippen LogP contribution in [0, 0.1) is 5.92 Å². The molecule has 2 heterocycles. The second kappa shape index (κ2) is 3.87. The molecular weight excluding hydrogens is 172 g/mol. The Morgan fingerprint density at radius 1 is 1.75 bits per heavy atom. The second-order valence-corrected chi connectivity index (χ2v) is 3.82. The molecule has 1 aliphatic heterocycles. The summed E-state index contributed by atoms with van der Waals surface area (Å²) >= 11 is 1.55. The van der Waals surface area contributed by atoms with Gasteiger partial charge in [0, 0.05) is 24.0 Å². The first kappa shape index (κ1) is 8.01. The summed E-state index contributed by atoms with van der Waals surface area (Å²) in [5.74, 6) is 0.675. The molecule has 1 saturated heterocycles. The van der Waals surface area contributed by atoms with Crippen LogP contribution in [0.2, 0.25) is 0 Å². The van der Waals surface area contributed by atoms with Gasteiger partial charge in [-0.2, -0.15) is 0 Å². The van der Waals surface area contributed by atoms with Gasteiger partial charge >= 0.3 is 0 Å². The normalized spacial score (nSPS) is 22.8. The quantitative estimate of drug-likeness (QED) is 0.764. The molecule has 1 aromatic heterocycles. The molecule has 0 radical (unpaired) electrons. The predicted molar refractivity (Wildman–Crippen MR) is 48.6 cm³/mol. The average Bonchev–Trinajstić information content (AvgIpc) is 2.74. The third kappa shape index (κ3) is 1.95. The number of hydrogen-bond acceptors (Lipinski definition) is 4. The van der Waals surface area contributed by atoms with Crippen molar-refractivity contribution in [2.24, 2.45) is 5.92 Å². The molecule has 12 heavy (non-hydrogen) atoms. The molecular formula is C8H12N2OS. The summed E-state index contributed by atoms with van der Waals surface area (Å²) in [6, 6.07) is 0. The van der Waals surface area contributed by atoms with Crippen molar-refractivity contribution in [3.63, 3.8) is 0 Å². The summed E-state index contributed by atoms with van der Waals surface area (Å²) < 4.78 is 5.50. The van der Waals surface area contributed by atoms with Gasteiger partial charge in [-0.3, -0.25) is 0 Å². The Balaban J connectivity index is 1.74. The molecule has 0 aliphatic carbocycles. The zero-order chi connectivity index (χ0) is 8.23. The fraction of sp³-hybridized carbons (Fsp3) is 0.625. The lowest BCUT2D eigenvalue weighted by Crippen LogP contribution is -2.15. The van der Waals surface area contributed by atoms with Crippen molar-refractivity contribution in [1.82, 2.24) is 10.3 Å². The van der Waals surface area contributed by atoms with Gasteiger partial charge in [0.05, 0.1) is 6.61 Å². The summed E-state index contributed by atoms with van der Waals surface area (Å²) in [4.78, 5) is 4.05. The average molecular weight is 184 g/mol. The molecule has 4 heteroatoms. The largest absolute Gasteiger partial charge is 0.470 e. The number of ether oxygens (including phenoxy) is 1. The molecule has 0 saturated carbocycles. The Morgan fingerprint density at radius 2 is 2.75 bits per heavy atom. The lowest BCUT2D eigenvalue weighted by Gasteiger charge is -2.07. The minimum absolute atomic E-state index is 0.675. The predicted octanol–water partition coefficient (Wildman–Crippen LogP) is 1.13. The molecule has 1 unspecified atom stereocenters. The molecule has 3 nitrogen and oxygen atoms in total. The van der Waals surface area contributed by atoms with Crippen LogP contribution in [0.1, 0.15) is 6.42 Å². The molecule has 0 amide bonds. The van der Waals surface area contributed by atoms with Gasteiger partial charge in [-0.25, -0.2) is 4.98 Å². The van der Waals surface area contributed by atoms with E-state index in [0.29, 0.717) is 5.92 Å². The van der Waals surface area contributed by atoms with Crippen LogP contribution in [-0.2, 0) is 0 Å². The van der Waals surface area contributed by atoms with Crippen molar-refractivity contribution in [2.45, 2.75) is 6.42 Å². The highest BCUT2D eigenvalue weighted by molar-refractivity contribution is 7.11. The summed E-state index contributed by atoms with van der Waals surface area (Å²) in [7, 11) is 0. The van der Waals surface area contributed by atoms with E-state index in [0.717, 1.165) is 24.9 Å². The summed E-state index contributed by atoms with van der Waals surface area (Å²) in [6.45, 7) is 3.03. The van der Waals surface area contributed by atoms with Crippen LogP contribution in [0.3, 0.4) is 0 Å². The Labute approximate surface area is 75.8 Å². The lowest BCUT2D eigenvalue weighted by atomic mass is 10.1. The van der Waals surface area contributed by atoms with Crippen molar-refractivity contribution < 1.29 is 4.74 Å². The summed E-state index contributed by atoms with van der Waals surface area (Å²) in [6.07, 6.45) is 3.00. The maximum absolute atomic E-state index is 5.50. The standard InChI is InChI=1S/C8H12N2OS/c1-2-9-5-7(1)6-11-8-10-3-4-12-8/h3-4,7,9H,1-2,5-6H2. The molecule has 0 bridgehead atoms. The van der Waals surface area contributed by atoms with E-state index in [1.54, 1.807) is 17.5 Å². The van der Waals surface area contributed by atoms with Crippen LogP contribution in [-0.4, -0.2) is 24.7 Å². The number of thiazole rings is 1. The monoisotopic (exact) mass is 184 g/mol. The van der Waals surface area contributed by atoms with Crippen molar-refractivity contribution in [2.75, 3.05) is 19.7 Å². The van der Waals surface area contributed by atoms with Gasteiger partial charge in [0.2, 0.25) is 0 Å². The third-order valence-corrected chi connectivity index (χ3v) is 2.70. The highest BCUT2D eigenvalue weighted by Gasteiger charge is 2.15. The van der Waals surface area contributed by atoms with Gasteiger partial charge in [0.1, 0.15) is 0 Å². The van der Waals surface area contributed by atoms with Gasteiger partial charge in [-0.05, 0) is 13.0 Å². The molecule has 1 aromatic rings. The first-order valence-corrected chi connectivity index (χ1v) is 5.06. The van der Waals surface area contributed by atoms with Crippen LogP contribution < -0.4 is 10.1 Å². The Morgan fingerprint density at radius 3 is 3.42 bits per heavy atom. The van der Waals surface area contributed by atoms with E-state index in [2.05, 4.69) is 10.3 Å². The van der Waals surface area contributed by atoms with E-state index in [1.807, 2.05) is 5.38 Å². The fourth-order valence-corrected chi connectivity index (χ4v) is 1.82. The van der Waals surface area contributed by atoms with Crippen molar-refractivity contribution >= 4 is 11.3 Å². The minimum atomic E-state index is 0.675. The van der Waals surface area contributed by atoms with E-state index < -0.39 is 0 Å². The van der Waals surface area contributed by atoms with Crippen molar-refractivity contribution in [3.8, 4) is 5.19 Å². The molecule has 66 valence electrons. The Kier molecular flexibility index (Phi) is 2.58. The summed E-state index contributed by atoms with van der Waals surface area (Å²) in [5, 5.41) is 6.03. The maximum atomic E-state index is 5.50. The lowest BCUT2D eigenvalue weighted by molar-refractivity contribution is 0.259. The van der Waals surface area contributed by atoms with Crippen LogP contribution in [0.5, 0.6) is 5.19 Å². The highest BCUT2D eigenvalue weighted by atomic mass is 32.1. The van der Waals surface area contributed by atoms with Gasteiger partial charge in [-0.15, -0.1) is 0 Å². The highest BCUT2D eigenvalue weighted by Crippen LogP contribution is 2.16. The zero-order valence-electron chi connectivity index (χ0n) is 6.82. The zero-order valence-corrected chi connectivity index (χ0v) is 7.64. The van der Waals surface area contributed by atoms with Crippen LogP contribution >= 0.6 is 11.3 Å². The number of rotatable bonds is 3. The molecule has 1 N–H and O–H groups in total. The molecule has 0 aromatic carbocycles. The second-order valence-electron chi connectivity index (χ2n) is 2.97. The van der Waals surface area contributed by atoms with Crippen LogP contribution in [0.4, 0.5) is 0 Å². The maximum Gasteiger partial charge on any atom is 0.273 e. The Hall–Kier alpha value is -0.610. The SMILES string of the molecule is c1csc(OCC2CCNC2)n1. The Bertz CT molecular complexity index is 219. The van der Waals surface area contributed by atoms with Gasteiger partial charge in [0.25, 0.3) is 5.19 Å². The molecule has 0 spiro atoms. The van der Waals surface area contributed by atoms with Gasteiger partial charge < -0.3 is 10.1 Å². The van der Waals surface area contributed by atoms with Crippen molar-refractivity contribution in [1.29, 1.82) is 0 Å². The van der Waals surface area contributed by atoms with Crippen molar-refractivity contribution in [3.05, 3.63) is 11.6 Å². The van der Waals surface area contributed by atoms with E-state index in [4.69, 9.17) is 4.74 Å². The van der Waals surface area contributed by atoms with E-state index in [9.17, 15) is 0 Å². The molecule has 1 aliphatic rings. The van der Waals surface area contributed by atoms with E-state index in [-0.39, 0.29) is 0 Å². The number of nitrogens with one attached hydrogen (secondary N) is 1. The van der Waals surface area contributed by atoms with E-state index in [1.165, 1.54) is 6.42 Å². The van der Waals surface area contributed by atoms with Gasteiger partial charge in [-0.1, -0.05) is 11.3 Å². The number of nitrogens with zero attached hydrogens (tertiary/aromatic N) is 1. The molecule has 2 rings (SSSR count). The first-order valence-electron chi connectivity index (χ1n) is 4.18. The smallest absolute Gasteiger partial charge is 0.273 e.